The van der Waals surface area contributed by atoms with Gasteiger partial charge >= 0.3 is 0 Å². The lowest BCUT2D eigenvalue weighted by Crippen LogP contribution is -2.03. The van der Waals surface area contributed by atoms with Crippen molar-refractivity contribution in [3.63, 3.8) is 0 Å². The van der Waals surface area contributed by atoms with E-state index in [0.29, 0.717) is 25.8 Å². The van der Waals surface area contributed by atoms with Crippen molar-refractivity contribution in [2.45, 2.75) is 0 Å². The molecule has 86 valence electrons. The number of benzene rings is 1. The lowest BCUT2D eigenvalue weighted by Gasteiger charge is -2.08. The molecule has 1 aromatic heterocycles. The van der Waals surface area contributed by atoms with Crippen LogP contribution in [-0.2, 0) is 0 Å². The Morgan fingerprint density at radius 3 is 2.65 bits per heavy atom. The second kappa shape index (κ2) is 4.57. The molecule has 0 fully saturated rings. The van der Waals surface area contributed by atoms with Gasteiger partial charge in [-0.25, -0.2) is 4.68 Å². The van der Waals surface area contributed by atoms with Gasteiger partial charge in [0.05, 0.1) is 21.9 Å². The number of hydrogen-bond acceptors (Lipinski definition) is 3. The normalized spacial score (nSPS) is 10.2. The van der Waals surface area contributed by atoms with Crippen LogP contribution < -0.4 is 5.73 Å². The van der Waals surface area contributed by atoms with Gasteiger partial charge in [0.1, 0.15) is 17.5 Å². The fourth-order valence-corrected chi connectivity index (χ4v) is 2.16. The Balaban J connectivity index is 2.66. The Hall–Kier alpha value is -1.22. The van der Waals surface area contributed by atoms with Crippen molar-refractivity contribution in [3.05, 3.63) is 38.4 Å². The van der Waals surface area contributed by atoms with E-state index in [-0.39, 0.29) is 5.82 Å². The zero-order chi connectivity index (χ0) is 12.6. The molecule has 0 aliphatic rings. The van der Waals surface area contributed by atoms with Crippen LogP contribution in [0.25, 0.3) is 5.69 Å². The van der Waals surface area contributed by atoms with Crippen LogP contribution in [0.2, 0.25) is 10.0 Å². The quantitative estimate of drug-likeness (QED) is 0.814. The van der Waals surface area contributed by atoms with Gasteiger partial charge in [0.15, 0.2) is 0 Å². The average molecular weight is 332 g/mol. The first-order valence-electron chi connectivity index (χ1n) is 4.43. The summed E-state index contributed by atoms with van der Waals surface area (Å²) >= 11 is 15.4. The Bertz CT molecular complexity index is 630. The third-order valence-corrected chi connectivity index (χ3v) is 3.93. The van der Waals surface area contributed by atoms with E-state index in [9.17, 15) is 0 Å². The smallest absolute Gasteiger partial charge is 0.145 e. The molecule has 1 aromatic carbocycles. The average Bonchev–Trinajstić information content (AvgIpc) is 2.68. The summed E-state index contributed by atoms with van der Waals surface area (Å²) in [5, 5.41) is 13.5. The molecule has 0 radical (unpaired) electrons. The Labute approximate surface area is 116 Å². The van der Waals surface area contributed by atoms with Crippen LogP contribution >= 0.6 is 39.1 Å². The molecule has 4 nitrogen and oxygen atoms in total. The Morgan fingerprint density at radius 1 is 1.35 bits per heavy atom. The van der Waals surface area contributed by atoms with Gasteiger partial charge < -0.3 is 5.73 Å². The third kappa shape index (κ3) is 2.00. The monoisotopic (exact) mass is 330 g/mol. The fraction of sp³-hybridized carbons (Fsp3) is 0. The summed E-state index contributed by atoms with van der Waals surface area (Å²) in [7, 11) is 0. The van der Waals surface area contributed by atoms with E-state index in [0.717, 1.165) is 0 Å². The van der Waals surface area contributed by atoms with Gasteiger partial charge in [0.25, 0.3) is 0 Å². The maximum atomic E-state index is 8.80. The predicted molar refractivity (Wildman–Crippen MR) is 70.4 cm³/mol. The number of nitrogens with two attached hydrogens (primary N) is 1. The molecule has 0 aliphatic heterocycles. The zero-order valence-electron chi connectivity index (χ0n) is 8.28. The molecule has 0 unspecified atom stereocenters. The number of nitriles is 1. The second-order valence-corrected chi connectivity index (χ2v) is 4.77. The van der Waals surface area contributed by atoms with Crippen LogP contribution in [0, 0.1) is 11.3 Å². The SMILES string of the molecule is N#Cc1cnn(-c2ccc(Br)c(Cl)c2Cl)c1N. The molecular weight excluding hydrogens is 327 g/mol. The van der Waals surface area contributed by atoms with Gasteiger partial charge in [0.2, 0.25) is 0 Å². The molecular formula is C10H5BrCl2N4. The molecule has 0 amide bonds. The van der Waals surface area contributed by atoms with Crippen molar-refractivity contribution in [2.75, 3.05) is 5.73 Å². The van der Waals surface area contributed by atoms with Crippen LogP contribution in [-0.4, -0.2) is 9.78 Å². The van der Waals surface area contributed by atoms with E-state index < -0.39 is 0 Å². The molecule has 0 saturated heterocycles. The largest absolute Gasteiger partial charge is 0.382 e. The van der Waals surface area contributed by atoms with Crippen LogP contribution in [0.4, 0.5) is 5.82 Å². The summed E-state index contributed by atoms with van der Waals surface area (Å²) in [4.78, 5) is 0. The molecule has 2 N–H and O–H groups in total. The predicted octanol–water partition coefficient (Wildman–Crippen LogP) is 3.40. The summed E-state index contributed by atoms with van der Waals surface area (Å²) in [5.41, 5.74) is 6.59. The van der Waals surface area contributed by atoms with Gasteiger partial charge in [-0.2, -0.15) is 10.4 Å². The van der Waals surface area contributed by atoms with Crippen LogP contribution in [0.5, 0.6) is 0 Å². The molecule has 0 spiro atoms. The summed E-state index contributed by atoms with van der Waals surface area (Å²) in [6, 6.07) is 5.38. The van der Waals surface area contributed by atoms with E-state index >= 15 is 0 Å². The number of aromatic nitrogens is 2. The number of anilines is 1. The Kier molecular flexibility index (Phi) is 3.29. The van der Waals surface area contributed by atoms with Gasteiger partial charge in [-0.1, -0.05) is 23.2 Å². The molecule has 1 heterocycles. The lowest BCUT2D eigenvalue weighted by molar-refractivity contribution is 0.891. The highest BCUT2D eigenvalue weighted by molar-refractivity contribution is 9.10. The fourth-order valence-electron chi connectivity index (χ4n) is 1.32. The number of nitrogens with zero attached hydrogens (tertiary/aromatic N) is 3. The number of hydrogen-bond donors (Lipinski definition) is 1. The first kappa shape index (κ1) is 12.2. The highest BCUT2D eigenvalue weighted by atomic mass is 79.9. The van der Waals surface area contributed by atoms with Gasteiger partial charge in [-0.3, -0.25) is 0 Å². The van der Waals surface area contributed by atoms with Gasteiger partial charge in [-0.05, 0) is 28.1 Å². The number of nitrogen functional groups attached to an aromatic ring is 1. The highest BCUT2D eigenvalue weighted by Crippen LogP contribution is 2.35. The summed E-state index contributed by atoms with van der Waals surface area (Å²) in [5.74, 6) is 0.229. The molecule has 0 saturated carbocycles. The molecule has 2 aromatic rings. The van der Waals surface area contributed by atoms with Crippen molar-refractivity contribution >= 4 is 44.9 Å². The first-order chi connectivity index (χ1) is 8.06. The van der Waals surface area contributed by atoms with Crippen molar-refractivity contribution in [1.82, 2.24) is 9.78 Å². The molecule has 0 atom stereocenters. The first-order valence-corrected chi connectivity index (χ1v) is 5.98. The minimum atomic E-state index is 0.229. The maximum absolute atomic E-state index is 8.80. The van der Waals surface area contributed by atoms with Crippen molar-refractivity contribution < 1.29 is 0 Å². The summed E-state index contributed by atoms with van der Waals surface area (Å²) < 4.78 is 2.05. The zero-order valence-corrected chi connectivity index (χ0v) is 11.4. The minimum absolute atomic E-state index is 0.229. The number of halogens is 3. The van der Waals surface area contributed by atoms with Crippen LogP contribution in [0.1, 0.15) is 5.56 Å². The minimum Gasteiger partial charge on any atom is -0.382 e. The maximum Gasteiger partial charge on any atom is 0.145 e. The topological polar surface area (TPSA) is 67.6 Å². The van der Waals surface area contributed by atoms with E-state index in [2.05, 4.69) is 21.0 Å². The van der Waals surface area contributed by atoms with E-state index in [1.165, 1.54) is 10.9 Å². The van der Waals surface area contributed by atoms with Crippen molar-refractivity contribution in [2.24, 2.45) is 0 Å². The van der Waals surface area contributed by atoms with Crippen LogP contribution in [0.15, 0.2) is 22.8 Å². The van der Waals surface area contributed by atoms with Crippen LogP contribution in [0.3, 0.4) is 0 Å². The van der Waals surface area contributed by atoms with E-state index in [4.69, 9.17) is 34.2 Å². The molecule has 17 heavy (non-hydrogen) atoms. The lowest BCUT2D eigenvalue weighted by atomic mass is 10.3. The van der Waals surface area contributed by atoms with E-state index in [1.807, 2.05) is 6.07 Å². The Morgan fingerprint density at radius 2 is 2.06 bits per heavy atom. The van der Waals surface area contributed by atoms with Gasteiger partial charge in [0, 0.05) is 4.47 Å². The van der Waals surface area contributed by atoms with Gasteiger partial charge in [-0.15, -0.1) is 0 Å². The molecule has 2 rings (SSSR count). The molecule has 7 heteroatoms. The van der Waals surface area contributed by atoms with Crippen molar-refractivity contribution in [3.8, 4) is 11.8 Å². The summed E-state index contributed by atoms with van der Waals surface area (Å²) in [6.07, 6.45) is 1.38. The molecule has 0 bridgehead atoms. The third-order valence-electron chi connectivity index (χ3n) is 2.17. The number of rotatable bonds is 1. The highest BCUT2D eigenvalue weighted by Gasteiger charge is 2.14. The standard InChI is InChI=1S/C10H5BrCl2N4/c11-6-1-2-7(9(13)8(6)12)17-10(15)5(3-14)4-16-17/h1-2,4H,15H2. The second-order valence-electron chi connectivity index (χ2n) is 3.16. The summed E-state index contributed by atoms with van der Waals surface area (Å²) in [6.45, 7) is 0. The molecule has 0 aliphatic carbocycles. The van der Waals surface area contributed by atoms with Crippen molar-refractivity contribution in [1.29, 1.82) is 5.26 Å². The van der Waals surface area contributed by atoms with E-state index in [1.54, 1.807) is 12.1 Å².